The van der Waals surface area contributed by atoms with E-state index >= 15 is 0 Å². The molecule has 1 fully saturated rings. The Kier molecular flexibility index (Phi) is 4.25. The Bertz CT molecular complexity index is 708. The third-order valence-electron chi connectivity index (χ3n) is 3.76. The Morgan fingerprint density at radius 3 is 2.36 bits per heavy atom. The van der Waals surface area contributed by atoms with E-state index in [0.29, 0.717) is 18.4 Å². The Balaban J connectivity index is 2.19. The summed E-state index contributed by atoms with van der Waals surface area (Å²) in [6, 6.07) is 6.32. The summed E-state index contributed by atoms with van der Waals surface area (Å²) in [5, 5.41) is 11.6. The third-order valence-corrected chi connectivity index (χ3v) is 5.68. The molecule has 8 heteroatoms. The summed E-state index contributed by atoms with van der Waals surface area (Å²) in [4.78, 5) is 23.2. The number of nitrogens with one attached hydrogen (secondary N) is 1. The van der Waals surface area contributed by atoms with E-state index in [0.717, 1.165) is 4.31 Å². The fourth-order valence-electron chi connectivity index (χ4n) is 2.11. The lowest BCUT2D eigenvalue weighted by Gasteiger charge is -2.16. The molecule has 0 radical (unpaired) electrons. The van der Waals surface area contributed by atoms with Crippen molar-refractivity contribution in [3.63, 3.8) is 0 Å². The molecule has 0 heterocycles. The van der Waals surface area contributed by atoms with Gasteiger partial charge in [0.15, 0.2) is 0 Å². The summed E-state index contributed by atoms with van der Waals surface area (Å²) in [6.45, 7) is -0.0306. The minimum Gasteiger partial charge on any atom is -0.480 e. The smallest absolute Gasteiger partial charge is 0.319 e. The topological polar surface area (TPSA) is 104 Å². The second-order valence-corrected chi connectivity index (χ2v) is 7.59. The summed E-state index contributed by atoms with van der Waals surface area (Å²) in [5.74, 6) is -1.71. The lowest BCUT2D eigenvalue weighted by Crippen LogP contribution is -2.37. The monoisotopic (exact) mass is 326 g/mol. The van der Waals surface area contributed by atoms with Crippen molar-refractivity contribution >= 4 is 21.9 Å². The lowest BCUT2D eigenvalue weighted by molar-refractivity contribution is -0.149. The average molecular weight is 326 g/mol. The van der Waals surface area contributed by atoms with Gasteiger partial charge in [-0.25, -0.2) is 12.7 Å². The van der Waals surface area contributed by atoms with E-state index in [2.05, 4.69) is 5.32 Å². The van der Waals surface area contributed by atoms with Crippen LogP contribution in [0.3, 0.4) is 0 Å². The quantitative estimate of drug-likeness (QED) is 0.737. The summed E-state index contributed by atoms with van der Waals surface area (Å²) < 4.78 is 25.6. The van der Waals surface area contributed by atoms with Crippen LogP contribution in [0.1, 0.15) is 18.4 Å². The van der Waals surface area contributed by atoms with Crippen molar-refractivity contribution in [1.82, 2.24) is 9.62 Å². The zero-order valence-corrected chi connectivity index (χ0v) is 13.2. The first-order valence-corrected chi connectivity index (χ1v) is 8.18. The number of sulfonamides is 1. The van der Waals surface area contributed by atoms with Crippen LogP contribution in [0.25, 0.3) is 0 Å². The predicted molar refractivity (Wildman–Crippen MR) is 78.5 cm³/mol. The van der Waals surface area contributed by atoms with Crippen LogP contribution in [0.15, 0.2) is 29.2 Å². The number of rotatable bonds is 6. The molecule has 0 aromatic heterocycles. The number of carbonyl (C=O) groups is 2. The molecule has 0 saturated heterocycles. The molecule has 7 nitrogen and oxygen atoms in total. The van der Waals surface area contributed by atoms with Gasteiger partial charge in [-0.15, -0.1) is 0 Å². The summed E-state index contributed by atoms with van der Waals surface area (Å²) in [6.07, 6.45) is 0.623. The first kappa shape index (κ1) is 16.4. The second-order valence-electron chi connectivity index (χ2n) is 5.47. The van der Waals surface area contributed by atoms with Crippen LogP contribution >= 0.6 is 0 Å². The standard InChI is InChI=1S/C14H18N2O5S/c1-16(2)22(20,21)11-6-4-3-5-10(11)9-15-12(17)14(7-8-14)13(18)19/h3-6H,7-9H2,1-2H3,(H,15,17)(H,18,19). The van der Waals surface area contributed by atoms with Crippen molar-refractivity contribution in [3.05, 3.63) is 29.8 Å². The number of carbonyl (C=O) groups excluding carboxylic acids is 1. The van der Waals surface area contributed by atoms with Gasteiger partial charge in [-0.1, -0.05) is 18.2 Å². The fourth-order valence-corrected chi connectivity index (χ4v) is 3.22. The number of hydrogen-bond donors (Lipinski definition) is 2. The molecular formula is C14H18N2O5S. The number of hydrogen-bond acceptors (Lipinski definition) is 4. The summed E-state index contributed by atoms with van der Waals surface area (Å²) in [7, 11) is -0.776. The van der Waals surface area contributed by atoms with Crippen LogP contribution in [-0.4, -0.2) is 43.8 Å². The zero-order valence-electron chi connectivity index (χ0n) is 12.4. The van der Waals surface area contributed by atoms with Crippen LogP contribution in [0.5, 0.6) is 0 Å². The number of nitrogens with zero attached hydrogens (tertiary/aromatic N) is 1. The van der Waals surface area contributed by atoms with Crippen molar-refractivity contribution < 1.29 is 23.1 Å². The van der Waals surface area contributed by atoms with Crippen molar-refractivity contribution in [1.29, 1.82) is 0 Å². The van der Waals surface area contributed by atoms with Gasteiger partial charge in [0.1, 0.15) is 5.41 Å². The number of aliphatic carboxylic acids is 1. The molecule has 2 rings (SSSR count). The molecule has 120 valence electrons. The minimum absolute atomic E-state index is 0.0306. The highest BCUT2D eigenvalue weighted by molar-refractivity contribution is 7.89. The van der Waals surface area contributed by atoms with Gasteiger partial charge in [0, 0.05) is 20.6 Å². The third kappa shape index (κ3) is 2.84. The summed E-state index contributed by atoms with van der Waals surface area (Å²) in [5.41, 5.74) is -0.916. The van der Waals surface area contributed by atoms with E-state index in [1.165, 1.54) is 20.2 Å². The van der Waals surface area contributed by atoms with Gasteiger partial charge in [0.25, 0.3) is 0 Å². The first-order valence-electron chi connectivity index (χ1n) is 6.74. The van der Waals surface area contributed by atoms with E-state index in [9.17, 15) is 18.0 Å². The fraction of sp³-hybridized carbons (Fsp3) is 0.429. The molecular weight excluding hydrogens is 308 g/mol. The van der Waals surface area contributed by atoms with Crippen molar-refractivity contribution in [2.75, 3.05) is 14.1 Å². The average Bonchev–Trinajstić information content (AvgIpc) is 3.26. The maximum absolute atomic E-state index is 12.2. The minimum atomic E-state index is -3.63. The first-order chi connectivity index (χ1) is 10.2. The highest BCUT2D eigenvalue weighted by Gasteiger charge is 2.56. The molecule has 1 amide bonds. The maximum atomic E-state index is 12.2. The molecule has 22 heavy (non-hydrogen) atoms. The molecule has 0 unspecified atom stereocenters. The number of benzene rings is 1. The highest BCUT2D eigenvalue weighted by atomic mass is 32.2. The SMILES string of the molecule is CN(C)S(=O)(=O)c1ccccc1CNC(=O)C1(C(=O)O)CC1. The molecule has 0 bridgehead atoms. The maximum Gasteiger partial charge on any atom is 0.319 e. The molecule has 1 aliphatic rings. The Morgan fingerprint density at radius 1 is 1.27 bits per heavy atom. The van der Waals surface area contributed by atoms with Crippen LogP contribution in [-0.2, 0) is 26.2 Å². The van der Waals surface area contributed by atoms with E-state index < -0.39 is 27.3 Å². The zero-order chi connectivity index (χ0) is 16.5. The van der Waals surface area contributed by atoms with Crippen molar-refractivity contribution in [3.8, 4) is 0 Å². The second kappa shape index (κ2) is 5.69. The molecule has 1 aliphatic carbocycles. The van der Waals surface area contributed by atoms with Gasteiger partial charge in [-0.05, 0) is 24.5 Å². The Labute approximate surface area is 129 Å². The van der Waals surface area contributed by atoms with E-state index in [-0.39, 0.29) is 11.4 Å². The number of carboxylic acids is 1. The number of amides is 1. The normalized spacial score (nSPS) is 16.3. The largest absolute Gasteiger partial charge is 0.480 e. The van der Waals surface area contributed by atoms with Gasteiger partial charge < -0.3 is 10.4 Å². The summed E-state index contributed by atoms with van der Waals surface area (Å²) >= 11 is 0. The van der Waals surface area contributed by atoms with Gasteiger partial charge in [0.2, 0.25) is 15.9 Å². The van der Waals surface area contributed by atoms with E-state index in [1.807, 2.05) is 0 Å². The van der Waals surface area contributed by atoms with Gasteiger partial charge in [0.05, 0.1) is 4.90 Å². The molecule has 1 saturated carbocycles. The van der Waals surface area contributed by atoms with Crippen LogP contribution in [0.2, 0.25) is 0 Å². The van der Waals surface area contributed by atoms with E-state index in [1.54, 1.807) is 18.2 Å². The molecule has 1 aromatic carbocycles. The molecule has 0 spiro atoms. The molecule has 1 aromatic rings. The predicted octanol–water partition coefficient (Wildman–Crippen LogP) is 0.418. The molecule has 0 atom stereocenters. The van der Waals surface area contributed by atoms with Crippen LogP contribution in [0, 0.1) is 5.41 Å². The highest BCUT2D eigenvalue weighted by Crippen LogP contribution is 2.46. The molecule has 2 N–H and O–H groups in total. The van der Waals surface area contributed by atoms with Crippen LogP contribution in [0.4, 0.5) is 0 Å². The Hall–Kier alpha value is -1.93. The van der Waals surface area contributed by atoms with Crippen molar-refractivity contribution in [2.24, 2.45) is 5.41 Å². The lowest BCUT2D eigenvalue weighted by atomic mass is 10.1. The molecule has 0 aliphatic heterocycles. The van der Waals surface area contributed by atoms with Crippen molar-refractivity contribution in [2.45, 2.75) is 24.3 Å². The van der Waals surface area contributed by atoms with Gasteiger partial charge in [-0.2, -0.15) is 0 Å². The number of carboxylic acid groups (broad SMARTS) is 1. The van der Waals surface area contributed by atoms with Gasteiger partial charge in [-0.3, -0.25) is 9.59 Å². The Morgan fingerprint density at radius 2 is 1.86 bits per heavy atom. The van der Waals surface area contributed by atoms with Gasteiger partial charge >= 0.3 is 5.97 Å². The van der Waals surface area contributed by atoms with Crippen LogP contribution < -0.4 is 5.32 Å². The van der Waals surface area contributed by atoms with E-state index in [4.69, 9.17) is 5.11 Å².